The number of piperazine rings is 1. The summed E-state index contributed by atoms with van der Waals surface area (Å²) in [6, 6.07) is 0. The minimum absolute atomic E-state index is 0.281. The molecule has 5 rings (SSSR count). The lowest BCUT2D eigenvalue weighted by atomic mass is 9.96. The van der Waals surface area contributed by atoms with Crippen LogP contribution in [0, 0.1) is 5.92 Å². The number of thiophene rings is 1. The SMILES string of the molecule is CCC(C)c1nc(N2CCN(C(=O)C3CCCC3)CC2)c2c3c(sc2n1)CCCC3. The Labute approximate surface area is 183 Å². The number of carbonyl (C=O) groups excluding carboxylic acids is 1. The first-order valence-corrected chi connectivity index (χ1v) is 12.8. The molecule has 0 spiro atoms. The standard InChI is InChI=1S/C24H34N4OS/c1-3-16(2)21-25-22(20-18-10-6-7-11-19(18)30-23(20)26-21)27-12-14-28(15-13-27)24(29)17-8-4-5-9-17/h16-17H,3-15H2,1-2H3. The molecule has 1 amide bonds. The number of anilines is 1. The summed E-state index contributed by atoms with van der Waals surface area (Å²) < 4.78 is 0. The fourth-order valence-corrected chi connectivity index (χ4v) is 6.62. The van der Waals surface area contributed by atoms with E-state index in [1.54, 1.807) is 0 Å². The summed E-state index contributed by atoms with van der Waals surface area (Å²) in [7, 11) is 0. The number of carbonyl (C=O) groups is 1. The van der Waals surface area contributed by atoms with Crippen molar-refractivity contribution in [1.82, 2.24) is 14.9 Å². The summed E-state index contributed by atoms with van der Waals surface area (Å²) in [6.07, 6.45) is 10.6. The lowest BCUT2D eigenvalue weighted by Gasteiger charge is -2.37. The third kappa shape index (κ3) is 3.61. The molecule has 1 saturated heterocycles. The van der Waals surface area contributed by atoms with Gasteiger partial charge in [0, 0.05) is 42.9 Å². The van der Waals surface area contributed by atoms with Crippen LogP contribution in [0.3, 0.4) is 0 Å². The monoisotopic (exact) mass is 426 g/mol. The van der Waals surface area contributed by atoms with Gasteiger partial charge in [-0.05, 0) is 50.5 Å². The number of fused-ring (bicyclic) bond motifs is 3. The minimum atomic E-state index is 0.281. The molecule has 1 saturated carbocycles. The predicted octanol–water partition coefficient (Wildman–Crippen LogP) is 4.92. The van der Waals surface area contributed by atoms with Gasteiger partial charge in [-0.15, -0.1) is 11.3 Å². The second-order valence-corrected chi connectivity index (χ2v) is 10.5. The zero-order valence-corrected chi connectivity index (χ0v) is 19.3. The maximum absolute atomic E-state index is 12.9. The van der Waals surface area contributed by atoms with E-state index in [0.717, 1.165) is 63.5 Å². The Bertz CT molecular complexity index is 925. The Balaban J connectivity index is 1.44. The Kier molecular flexibility index (Phi) is 5.69. The van der Waals surface area contributed by atoms with E-state index in [4.69, 9.17) is 9.97 Å². The molecule has 2 fully saturated rings. The average Bonchev–Trinajstić information content (AvgIpc) is 3.45. The van der Waals surface area contributed by atoms with Gasteiger partial charge in [-0.25, -0.2) is 9.97 Å². The van der Waals surface area contributed by atoms with E-state index in [0.29, 0.717) is 11.8 Å². The molecule has 0 aromatic carbocycles. The Morgan fingerprint density at radius 3 is 2.53 bits per heavy atom. The van der Waals surface area contributed by atoms with E-state index in [9.17, 15) is 4.79 Å². The molecule has 0 radical (unpaired) electrons. The maximum atomic E-state index is 12.9. The van der Waals surface area contributed by atoms with Gasteiger partial charge in [-0.1, -0.05) is 26.7 Å². The maximum Gasteiger partial charge on any atom is 0.225 e. The minimum Gasteiger partial charge on any atom is -0.352 e. The van der Waals surface area contributed by atoms with Crippen LogP contribution in [-0.2, 0) is 17.6 Å². The summed E-state index contributed by atoms with van der Waals surface area (Å²) in [6.45, 7) is 7.86. The van der Waals surface area contributed by atoms with Crippen molar-refractivity contribution in [2.45, 2.75) is 77.6 Å². The van der Waals surface area contributed by atoms with Crippen molar-refractivity contribution in [3.8, 4) is 0 Å². The zero-order chi connectivity index (χ0) is 20.7. The summed E-state index contributed by atoms with van der Waals surface area (Å²) in [5, 5.41) is 1.32. The molecule has 5 nitrogen and oxygen atoms in total. The van der Waals surface area contributed by atoms with Crippen molar-refractivity contribution in [3.63, 3.8) is 0 Å². The molecule has 0 bridgehead atoms. The van der Waals surface area contributed by atoms with Crippen LogP contribution >= 0.6 is 11.3 Å². The van der Waals surface area contributed by atoms with Crippen molar-refractivity contribution in [3.05, 3.63) is 16.3 Å². The van der Waals surface area contributed by atoms with E-state index in [-0.39, 0.29) is 5.92 Å². The highest BCUT2D eigenvalue weighted by Gasteiger charge is 2.31. The molecule has 2 aliphatic carbocycles. The second kappa shape index (κ2) is 8.45. The van der Waals surface area contributed by atoms with E-state index >= 15 is 0 Å². The molecular weight excluding hydrogens is 392 g/mol. The quantitative estimate of drug-likeness (QED) is 0.696. The molecular formula is C24H34N4OS. The van der Waals surface area contributed by atoms with Crippen LogP contribution in [0.1, 0.15) is 81.0 Å². The first-order valence-electron chi connectivity index (χ1n) is 12.0. The number of rotatable bonds is 4. The first kappa shape index (κ1) is 20.2. The van der Waals surface area contributed by atoms with Crippen LogP contribution in [0.5, 0.6) is 0 Å². The van der Waals surface area contributed by atoms with Crippen LogP contribution in [0.15, 0.2) is 0 Å². The number of hydrogen-bond donors (Lipinski definition) is 0. The zero-order valence-electron chi connectivity index (χ0n) is 18.5. The molecule has 1 aliphatic heterocycles. The average molecular weight is 427 g/mol. The van der Waals surface area contributed by atoms with Gasteiger partial charge < -0.3 is 9.80 Å². The van der Waals surface area contributed by atoms with Crippen molar-refractivity contribution in [2.24, 2.45) is 5.92 Å². The lowest BCUT2D eigenvalue weighted by Crippen LogP contribution is -2.50. The van der Waals surface area contributed by atoms with Gasteiger partial charge in [0.05, 0.1) is 5.39 Å². The highest BCUT2D eigenvalue weighted by molar-refractivity contribution is 7.19. The number of amides is 1. The molecule has 1 unspecified atom stereocenters. The van der Waals surface area contributed by atoms with Gasteiger partial charge in [-0.3, -0.25) is 4.79 Å². The van der Waals surface area contributed by atoms with Crippen LogP contribution in [-0.4, -0.2) is 47.0 Å². The highest BCUT2D eigenvalue weighted by atomic mass is 32.1. The molecule has 2 aromatic heterocycles. The number of aryl methyl sites for hydroxylation is 2. The Morgan fingerprint density at radius 1 is 1.07 bits per heavy atom. The molecule has 6 heteroatoms. The predicted molar refractivity (Wildman–Crippen MR) is 124 cm³/mol. The van der Waals surface area contributed by atoms with Gasteiger partial charge in [0.1, 0.15) is 16.5 Å². The third-order valence-electron chi connectivity index (χ3n) is 7.46. The number of nitrogens with zero attached hydrogens (tertiary/aromatic N) is 4. The van der Waals surface area contributed by atoms with Crippen molar-refractivity contribution < 1.29 is 4.79 Å². The van der Waals surface area contributed by atoms with Crippen LogP contribution in [0.2, 0.25) is 0 Å². The third-order valence-corrected chi connectivity index (χ3v) is 8.65. The molecule has 3 aliphatic rings. The van der Waals surface area contributed by atoms with Crippen molar-refractivity contribution in [1.29, 1.82) is 0 Å². The van der Waals surface area contributed by atoms with E-state index in [2.05, 4.69) is 23.6 Å². The van der Waals surface area contributed by atoms with Gasteiger partial charge >= 0.3 is 0 Å². The van der Waals surface area contributed by atoms with Crippen molar-refractivity contribution >= 4 is 33.3 Å². The molecule has 0 N–H and O–H groups in total. The van der Waals surface area contributed by atoms with E-state index in [1.165, 1.54) is 52.8 Å². The van der Waals surface area contributed by atoms with Gasteiger partial charge in [0.15, 0.2) is 0 Å². The smallest absolute Gasteiger partial charge is 0.225 e. The highest BCUT2D eigenvalue weighted by Crippen LogP contribution is 2.41. The van der Waals surface area contributed by atoms with Crippen LogP contribution in [0.4, 0.5) is 5.82 Å². The van der Waals surface area contributed by atoms with Gasteiger partial charge in [0.25, 0.3) is 0 Å². The topological polar surface area (TPSA) is 49.3 Å². The van der Waals surface area contributed by atoms with Crippen LogP contribution in [0.25, 0.3) is 10.2 Å². The van der Waals surface area contributed by atoms with E-state index in [1.807, 2.05) is 11.3 Å². The van der Waals surface area contributed by atoms with Gasteiger partial charge in [-0.2, -0.15) is 0 Å². The normalized spacial score (nSPS) is 21.3. The Morgan fingerprint density at radius 2 is 1.80 bits per heavy atom. The molecule has 1 atom stereocenters. The van der Waals surface area contributed by atoms with Crippen molar-refractivity contribution in [2.75, 3.05) is 31.1 Å². The number of hydrogen-bond acceptors (Lipinski definition) is 5. The fourth-order valence-electron chi connectivity index (χ4n) is 5.36. The summed E-state index contributed by atoms with van der Waals surface area (Å²) in [5.74, 6) is 3.18. The van der Waals surface area contributed by atoms with Crippen LogP contribution < -0.4 is 4.90 Å². The summed E-state index contributed by atoms with van der Waals surface area (Å²) in [4.78, 5) is 30.3. The molecule has 2 aromatic rings. The fraction of sp³-hybridized carbons (Fsp3) is 0.708. The molecule has 30 heavy (non-hydrogen) atoms. The lowest BCUT2D eigenvalue weighted by molar-refractivity contribution is -0.135. The summed E-state index contributed by atoms with van der Waals surface area (Å²) in [5.41, 5.74) is 1.51. The first-order chi connectivity index (χ1) is 14.7. The van der Waals surface area contributed by atoms with Gasteiger partial charge in [0.2, 0.25) is 5.91 Å². The molecule has 162 valence electrons. The Hall–Kier alpha value is -1.69. The van der Waals surface area contributed by atoms with E-state index < -0.39 is 0 Å². The second-order valence-electron chi connectivity index (χ2n) is 9.40. The summed E-state index contributed by atoms with van der Waals surface area (Å²) >= 11 is 1.90. The largest absolute Gasteiger partial charge is 0.352 e. The molecule has 3 heterocycles. The number of aromatic nitrogens is 2.